The van der Waals surface area contributed by atoms with E-state index in [-0.39, 0.29) is 11.9 Å². The molecule has 0 spiro atoms. The Hall–Kier alpha value is -1.92. The van der Waals surface area contributed by atoms with Crippen LogP contribution in [0.2, 0.25) is 0 Å². The van der Waals surface area contributed by atoms with E-state index in [0.29, 0.717) is 12.2 Å². The first-order chi connectivity index (χ1) is 11.1. The summed E-state index contributed by atoms with van der Waals surface area (Å²) in [7, 11) is 6.11. The number of rotatable bonds is 5. The van der Waals surface area contributed by atoms with Gasteiger partial charge in [-0.3, -0.25) is 9.69 Å². The van der Waals surface area contributed by atoms with Crippen molar-refractivity contribution in [1.82, 2.24) is 24.5 Å². The van der Waals surface area contributed by atoms with Crippen LogP contribution in [-0.4, -0.2) is 65.9 Å². The van der Waals surface area contributed by atoms with Crippen molar-refractivity contribution >= 4 is 11.4 Å². The smallest absolute Gasteiger partial charge is 0.272 e. The Morgan fingerprint density at radius 1 is 1.43 bits per heavy atom. The number of aromatic nitrogens is 2. The van der Waals surface area contributed by atoms with Gasteiger partial charge in [0.05, 0.1) is 11.6 Å². The molecule has 6 heteroatoms. The molecule has 0 saturated carbocycles. The topological polar surface area (TPSA) is 52.9 Å². The van der Waals surface area contributed by atoms with Gasteiger partial charge in [0.15, 0.2) is 5.69 Å². The minimum Gasteiger partial charge on any atom is -0.349 e. The van der Waals surface area contributed by atoms with E-state index in [1.165, 1.54) is 6.42 Å². The maximum absolute atomic E-state index is 12.5. The fourth-order valence-electron chi connectivity index (χ4n) is 3.18. The number of hydrogen-bond acceptors (Lipinski definition) is 4. The van der Waals surface area contributed by atoms with Crippen LogP contribution < -0.4 is 5.32 Å². The Labute approximate surface area is 137 Å². The van der Waals surface area contributed by atoms with Gasteiger partial charge in [-0.25, -0.2) is 4.98 Å². The van der Waals surface area contributed by atoms with Crippen LogP contribution in [-0.2, 0) is 0 Å². The lowest BCUT2D eigenvalue weighted by atomic mass is 10.2. The molecule has 2 aromatic heterocycles. The molecule has 6 nitrogen and oxygen atoms in total. The maximum Gasteiger partial charge on any atom is 0.272 e. The quantitative estimate of drug-likeness (QED) is 0.906. The van der Waals surface area contributed by atoms with Gasteiger partial charge in [0.2, 0.25) is 0 Å². The van der Waals surface area contributed by atoms with E-state index >= 15 is 0 Å². The zero-order valence-electron chi connectivity index (χ0n) is 14.1. The number of carbonyl (C=O) groups excluding carboxylic acids is 1. The molecule has 1 aliphatic heterocycles. The molecule has 0 radical (unpaired) electrons. The van der Waals surface area contributed by atoms with Crippen molar-refractivity contribution in [2.75, 3.05) is 40.8 Å². The van der Waals surface area contributed by atoms with Crippen LogP contribution in [0.4, 0.5) is 0 Å². The second-order valence-electron chi connectivity index (χ2n) is 6.47. The van der Waals surface area contributed by atoms with E-state index in [2.05, 4.69) is 21.7 Å². The average Bonchev–Trinajstić information content (AvgIpc) is 3.10. The van der Waals surface area contributed by atoms with Crippen molar-refractivity contribution in [3.8, 4) is 0 Å². The molecule has 3 rings (SSSR count). The molecule has 0 aliphatic carbocycles. The van der Waals surface area contributed by atoms with Crippen molar-refractivity contribution in [3.63, 3.8) is 0 Å². The molecule has 3 heterocycles. The summed E-state index contributed by atoms with van der Waals surface area (Å²) in [4.78, 5) is 21.6. The first-order valence-electron chi connectivity index (χ1n) is 8.18. The lowest BCUT2D eigenvalue weighted by Gasteiger charge is -2.17. The lowest BCUT2D eigenvalue weighted by molar-refractivity contribution is 0.0948. The van der Waals surface area contributed by atoms with E-state index in [0.717, 1.165) is 30.9 Å². The SMILES string of the molecule is CN(C)CCNC(=O)c1nc([C@H]2CCCN2C)n2ccccc12. The summed E-state index contributed by atoms with van der Waals surface area (Å²) in [5, 5.41) is 2.97. The van der Waals surface area contributed by atoms with Crippen molar-refractivity contribution in [2.45, 2.75) is 18.9 Å². The van der Waals surface area contributed by atoms with Crippen LogP contribution in [0.15, 0.2) is 24.4 Å². The second kappa shape index (κ2) is 6.68. The summed E-state index contributed by atoms with van der Waals surface area (Å²) in [5.74, 6) is 0.876. The Kier molecular flexibility index (Phi) is 4.63. The van der Waals surface area contributed by atoms with Gasteiger partial charge in [-0.2, -0.15) is 0 Å². The molecule has 23 heavy (non-hydrogen) atoms. The molecular formula is C17H25N5O. The van der Waals surface area contributed by atoms with Gasteiger partial charge < -0.3 is 14.6 Å². The normalized spacial score (nSPS) is 18.9. The molecule has 0 aromatic carbocycles. The largest absolute Gasteiger partial charge is 0.349 e. The molecule has 1 N–H and O–H groups in total. The highest BCUT2D eigenvalue weighted by atomic mass is 16.1. The highest BCUT2D eigenvalue weighted by Crippen LogP contribution is 2.30. The third kappa shape index (κ3) is 3.23. The Morgan fingerprint density at radius 3 is 2.96 bits per heavy atom. The van der Waals surface area contributed by atoms with Crippen molar-refractivity contribution in [2.24, 2.45) is 0 Å². The molecule has 0 unspecified atom stereocenters. The predicted molar refractivity (Wildman–Crippen MR) is 90.7 cm³/mol. The van der Waals surface area contributed by atoms with Crippen molar-refractivity contribution in [3.05, 3.63) is 35.9 Å². The van der Waals surface area contributed by atoms with Gasteiger partial charge in [0.1, 0.15) is 5.82 Å². The molecule has 1 saturated heterocycles. The number of likely N-dealkylation sites (N-methyl/N-ethyl adjacent to an activating group) is 1. The van der Waals surface area contributed by atoms with E-state index in [1.807, 2.05) is 43.4 Å². The number of likely N-dealkylation sites (tertiary alicyclic amines) is 1. The summed E-state index contributed by atoms with van der Waals surface area (Å²) in [6.45, 7) is 2.52. The van der Waals surface area contributed by atoms with Crippen LogP contribution in [0.25, 0.3) is 5.52 Å². The molecule has 2 aromatic rings. The van der Waals surface area contributed by atoms with Crippen LogP contribution in [0, 0.1) is 0 Å². The fraction of sp³-hybridized carbons (Fsp3) is 0.529. The van der Waals surface area contributed by atoms with E-state index in [4.69, 9.17) is 4.98 Å². The molecule has 124 valence electrons. The number of amides is 1. The Bertz CT molecular complexity index is 693. The number of pyridine rings is 1. The first-order valence-corrected chi connectivity index (χ1v) is 8.18. The summed E-state index contributed by atoms with van der Waals surface area (Å²) in [6.07, 6.45) is 4.26. The summed E-state index contributed by atoms with van der Waals surface area (Å²) >= 11 is 0. The minimum atomic E-state index is -0.0950. The third-order valence-corrected chi connectivity index (χ3v) is 4.45. The highest BCUT2D eigenvalue weighted by Gasteiger charge is 2.28. The van der Waals surface area contributed by atoms with Crippen molar-refractivity contribution < 1.29 is 4.79 Å². The van der Waals surface area contributed by atoms with Gasteiger partial charge in [0, 0.05) is 19.3 Å². The van der Waals surface area contributed by atoms with E-state index in [1.54, 1.807) is 0 Å². The number of fused-ring (bicyclic) bond motifs is 1. The van der Waals surface area contributed by atoms with Gasteiger partial charge >= 0.3 is 0 Å². The number of nitrogens with one attached hydrogen (secondary N) is 1. The van der Waals surface area contributed by atoms with Crippen molar-refractivity contribution in [1.29, 1.82) is 0 Å². The van der Waals surface area contributed by atoms with Gasteiger partial charge in [-0.05, 0) is 52.7 Å². The van der Waals surface area contributed by atoms with Gasteiger partial charge in [-0.1, -0.05) is 6.07 Å². The molecule has 0 bridgehead atoms. The van der Waals surface area contributed by atoms with Gasteiger partial charge in [-0.15, -0.1) is 0 Å². The zero-order chi connectivity index (χ0) is 16.4. The van der Waals surface area contributed by atoms with Crippen LogP contribution in [0.3, 0.4) is 0 Å². The second-order valence-corrected chi connectivity index (χ2v) is 6.47. The molecule has 1 aliphatic rings. The van der Waals surface area contributed by atoms with Crippen LogP contribution in [0.1, 0.15) is 35.2 Å². The zero-order valence-corrected chi connectivity index (χ0v) is 14.1. The number of hydrogen-bond donors (Lipinski definition) is 1. The minimum absolute atomic E-state index is 0.0950. The average molecular weight is 315 g/mol. The summed E-state index contributed by atoms with van der Waals surface area (Å²) in [6, 6.07) is 6.19. The van der Waals surface area contributed by atoms with Crippen LogP contribution >= 0.6 is 0 Å². The molecular weight excluding hydrogens is 290 g/mol. The van der Waals surface area contributed by atoms with E-state index < -0.39 is 0 Å². The Morgan fingerprint density at radius 2 is 2.26 bits per heavy atom. The fourth-order valence-corrected chi connectivity index (χ4v) is 3.18. The van der Waals surface area contributed by atoms with Gasteiger partial charge in [0.25, 0.3) is 5.91 Å². The monoisotopic (exact) mass is 315 g/mol. The van der Waals surface area contributed by atoms with Crippen LogP contribution in [0.5, 0.6) is 0 Å². The summed E-state index contributed by atoms with van der Waals surface area (Å²) in [5.41, 5.74) is 1.41. The van der Waals surface area contributed by atoms with E-state index in [9.17, 15) is 4.79 Å². The highest BCUT2D eigenvalue weighted by molar-refractivity contribution is 5.99. The maximum atomic E-state index is 12.5. The summed E-state index contributed by atoms with van der Waals surface area (Å²) < 4.78 is 2.06. The third-order valence-electron chi connectivity index (χ3n) is 4.45. The lowest BCUT2D eigenvalue weighted by Crippen LogP contribution is -2.31. The molecule has 1 atom stereocenters. The number of nitrogens with zero attached hydrogens (tertiary/aromatic N) is 4. The first kappa shape index (κ1) is 16.0. The standard InChI is InChI=1S/C17H25N5O/c1-20(2)12-9-18-17(23)15-13-7-4-5-11-22(13)16(19-15)14-8-6-10-21(14)3/h4-5,7,11,14H,6,8-10,12H2,1-3H3,(H,18,23)/t14-/m1/s1. The molecule has 1 fully saturated rings. The number of carbonyl (C=O) groups is 1. The molecule has 1 amide bonds. The number of imidazole rings is 1. The Balaban J connectivity index is 1.90. The predicted octanol–water partition coefficient (Wildman–Crippen LogP) is 1.39.